The molecule has 19 heavy (non-hydrogen) atoms. The molecule has 0 aliphatic carbocycles. The molecule has 98 valence electrons. The predicted molar refractivity (Wildman–Crippen MR) is 72.9 cm³/mol. The molecule has 2 rings (SSSR count). The molecule has 1 amide bonds. The quantitative estimate of drug-likeness (QED) is 0.844. The number of amides is 1. The molecule has 1 aromatic heterocycles. The maximum absolute atomic E-state index is 12.3. The van der Waals surface area contributed by atoms with Crippen LogP contribution in [0.5, 0.6) is 0 Å². The average molecular weight is 256 g/mol. The van der Waals surface area contributed by atoms with Gasteiger partial charge < -0.3 is 10.3 Å². The zero-order chi connectivity index (χ0) is 14.0. The minimum Gasteiger partial charge on any atom is -0.369 e. The van der Waals surface area contributed by atoms with Crippen molar-refractivity contribution in [2.45, 2.75) is 13.3 Å². The summed E-state index contributed by atoms with van der Waals surface area (Å²) >= 11 is 0. The Kier molecular flexibility index (Phi) is 3.51. The first-order valence-corrected chi connectivity index (χ1v) is 6.03. The molecule has 4 nitrogen and oxygen atoms in total. The number of rotatable bonds is 4. The van der Waals surface area contributed by atoms with Gasteiger partial charge in [0.15, 0.2) is 0 Å². The first-order valence-electron chi connectivity index (χ1n) is 6.03. The van der Waals surface area contributed by atoms with Crippen molar-refractivity contribution >= 4 is 11.7 Å². The SMILES string of the molecule is Cc1ccc(C(=O)c2ccc(CC(N)=O)n2C)cc1. The van der Waals surface area contributed by atoms with Crippen LogP contribution >= 0.6 is 0 Å². The van der Waals surface area contributed by atoms with Crippen LogP contribution in [0.25, 0.3) is 0 Å². The van der Waals surface area contributed by atoms with Crippen LogP contribution < -0.4 is 5.73 Å². The highest BCUT2D eigenvalue weighted by molar-refractivity contribution is 6.08. The zero-order valence-corrected chi connectivity index (χ0v) is 11.0. The lowest BCUT2D eigenvalue weighted by atomic mass is 10.1. The number of ketones is 1. The van der Waals surface area contributed by atoms with E-state index in [0.717, 1.165) is 11.3 Å². The Bertz CT molecular complexity index is 624. The molecule has 0 radical (unpaired) electrons. The Morgan fingerprint density at radius 3 is 2.32 bits per heavy atom. The van der Waals surface area contributed by atoms with Crippen molar-refractivity contribution in [3.05, 3.63) is 58.9 Å². The number of carbonyl (C=O) groups excluding carboxylic acids is 2. The van der Waals surface area contributed by atoms with Gasteiger partial charge in [-0.05, 0) is 19.1 Å². The number of hydrogen-bond donors (Lipinski definition) is 1. The molecular weight excluding hydrogens is 240 g/mol. The fourth-order valence-electron chi connectivity index (χ4n) is 1.99. The van der Waals surface area contributed by atoms with E-state index in [1.165, 1.54) is 0 Å². The zero-order valence-electron chi connectivity index (χ0n) is 11.0. The summed E-state index contributed by atoms with van der Waals surface area (Å²) in [6.45, 7) is 1.97. The van der Waals surface area contributed by atoms with Gasteiger partial charge in [0.05, 0.1) is 12.1 Å². The van der Waals surface area contributed by atoms with E-state index in [1.807, 2.05) is 19.1 Å². The van der Waals surface area contributed by atoms with Gasteiger partial charge in [-0.1, -0.05) is 29.8 Å². The van der Waals surface area contributed by atoms with Crippen LogP contribution in [0.1, 0.15) is 27.3 Å². The van der Waals surface area contributed by atoms with E-state index >= 15 is 0 Å². The molecule has 0 saturated heterocycles. The van der Waals surface area contributed by atoms with Crippen molar-refractivity contribution in [3.8, 4) is 0 Å². The summed E-state index contributed by atoms with van der Waals surface area (Å²) in [4.78, 5) is 23.3. The molecule has 0 bridgehead atoms. The van der Waals surface area contributed by atoms with Gasteiger partial charge in [-0.15, -0.1) is 0 Å². The van der Waals surface area contributed by atoms with Crippen molar-refractivity contribution in [1.82, 2.24) is 4.57 Å². The molecule has 1 aromatic carbocycles. The lowest BCUT2D eigenvalue weighted by molar-refractivity contribution is -0.117. The number of nitrogens with zero attached hydrogens (tertiary/aromatic N) is 1. The summed E-state index contributed by atoms with van der Waals surface area (Å²) in [6.07, 6.45) is 0.137. The molecule has 4 heteroatoms. The molecule has 0 saturated carbocycles. The summed E-state index contributed by atoms with van der Waals surface area (Å²) in [5.74, 6) is -0.464. The number of carbonyl (C=O) groups is 2. The second-order valence-electron chi connectivity index (χ2n) is 4.61. The third kappa shape index (κ3) is 2.73. The van der Waals surface area contributed by atoms with Crippen LogP contribution in [0.3, 0.4) is 0 Å². The van der Waals surface area contributed by atoms with Crippen molar-refractivity contribution in [3.63, 3.8) is 0 Å². The number of aromatic nitrogens is 1. The topological polar surface area (TPSA) is 65.1 Å². The number of aryl methyl sites for hydroxylation is 1. The number of hydrogen-bond acceptors (Lipinski definition) is 2. The Morgan fingerprint density at radius 1 is 1.11 bits per heavy atom. The lowest BCUT2D eigenvalue weighted by Gasteiger charge is -2.06. The lowest BCUT2D eigenvalue weighted by Crippen LogP contribution is -2.17. The molecule has 0 atom stereocenters. The van der Waals surface area contributed by atoms with E-state index in [9.17, 15) is 9.59 Å². The average Bonchev–Trinajstić information content (AvgIpc) is 2.70. The Labute approximate surface area is 111 Å². The molecule has 1 heterocycles. The fraction of sp³-hybridized carbons (Fsp3) is 0.200. The van der Waals surface area contributed by atoms with Crippen LogP contribution in [0.15, 0.2) is 36.4 Å². The van der Waals surface area contributed by atoms with Gasteiger partial charge in [0.25, 0.3) is 0 Å². The van der Waals surface area contributed by atoms with E-state index in [0.29, 0.717) is 11.3 Å². The van der Waals surface area contributed by atoms with Crippen molar-refractivity contribution in [1.29, 1.82) is 0 Å². The Hall–Kier alpha value is -2.36. The van der Waals surface area contributed by atoms with Crippen LogP contribution in [0.2, 0.25) is 0 Å². The van der Waals surface area contributed by atoms with Crippen LogP contribution in [-0.2, 0) is 18.3 Å². The van der Waals surface area contributed by atoms with E-state index in [1.54, 1.807) is 35.9 Å². The van der Waals surface area contributed by atoms with E-state index in [4.69, 9.17) is 5.73 Å². The first kappa shape index (κ1) is 13.1. The normalized spacial score (nSPS) is 10.4. The molecule has 0 aliphatic rings. The summed E-state index contributed by atoms with van der Waals surface area (Å²) in [7, 11) is 1.76. The second kappa shape index (κ2) is 5.10. The van der Waals surface area contributed by atoms with E-state index in [2.05, 4.69) is 0 Å². The highest BCUT2D eigenvalue weighted by atomic mass is 16.1. The molecule has 2 N–H and O–H groups in total. The van der Waals surface area contributed by atoms with Crippen molar-refractivity contribution < 1.29 is 9.59 Å². The van der Waals surface area contributed by atoms with Crippen LogP contribution in [0, 0.1) is 6.92 Å². The minimum absolute atomic E-state index is 0.0572. The predicted octanol–water partition coefficient (Wildman–Crippen LogP) is 1.59. The van der Waals surface area contributed by atoms with E-state index in [-0.39, 0.29) is 12.2 Å². The number of nitrogens with two attached hydrogens (primary N) is 1. The highest BCUT2D eigenvalue weighted by Crippen LogP contribution is 2.14. The van der Waals surface area contributed by atoms with Crippen LogP contribution in [-0.4, -0.2) is 16.3 Å². The van der Waals surface area contributed by atoms with Gasteiger partial charge in [0.2, 0.25) is 11.7 Å². The summed E-state index contributed by atoms with van der Waals surface area (Å²) < 4.78 is 1.72. The molecule has 2 aromatic rings. The van der Waals surface area contributed by atoms with Gasteiger partial charge >= 0.3 is 0 Å². The number of primary amides is 1. The van der Waals surface area contributed by atoms with Gasteiger partial charge in [0, 0.05) is 18.3 Å². The molecule has 0 unspecified atom stereocenters. The van der Waals surface area contributed by atoms with Gasteiger partial charge in [-0.25, -0.2) is 0 Å². The third-order valence-corrected chi connectivity index (χ3v) is 3.13. The van der Waals surface area contributed by atoms with E-state index < -0.39 is 5.91 Å². The summed E-state index contributed by atoms with van der Waals surface area (Å²) in [6, 6.07) is 10.9. The highest BCUT2D eigenvalue weighted by Gasteiger charge is 2.15. The second-order valence-corrected chi connectivity index (χ2v) is 4.61. The Morgan fingerprint density at radius 2 is 1.74 bits per heavy atom. The van der Waals surface area contributed by atoms with Gasteiger partial charge in [0.1, 0.15) is 0 Å². The molecule has 0 spiro atoms. The maximum Gasteiger partial charge on any atom is 0.223 e. The molecular formula is C15H16N2O2. The molecule has 0 fully saturated rings. The first-order chi connectivity index (χ1) is 8.99. The fourth-order valence-corrected chi connectivity index (χ4v) is 1.99. The minimum atomic E-state index is -0.407. The summed E-state index contributed by atoms with van der Waals surface area (Å²) in [5, 5.41) is 0. The molecule has 0 aliphatic heterocycles. The number of benzene rings is 1. The van der Waals surface area contributed by atoms with Gasteiger partial charge in [-0.3, -0.25) is 9.59 Å². The van der Waals surface area contributed by atoms with Gasteiger partial charge in [-0.2, -0.15) is 0 Å². The standard InChI is InChI=1S/C15H16N2O2/c1-10-3-5-11(6-4-10)15(19)13-8-7-12(17(13)2)9-14(16)18/h3-8H,9H2,1-2H3,(H2,16,18). The largest absolute Gasteiger partial charge is 0.369 e. The maximum atomic E-state index is 12.3. The van der Waals surface area contributed by atoms with Crippen LogP contribution in [0.4, 0.5) is 0 Å². The van der Waals surface area contributed by atoms with Crippen molar-refractivity contribution in [2.24, 2.45) is 12.8 Å². The Balaban J connectivity index is 2.32. The monoisotopic (exact) mass is 256 g/mol. The summed E-state index contributed by atoms with van der Waals surface area (Å²) in [5.41, 5.74) is 8.21. The smallest absolute Gasteiger partial charge is 0.223 e. The van der Waals surface area contributed by atoms with Crippen molar-refractivity contribution in [2.75, 3.05) is 0 Å². The third-order valence-electron chi connectivity index (χ3n) is 3.13.